The molecule has 3 nitrogen and oxygen atoms in total. The van der Waals surface area contributed by atoms with Crippen molar-refractivity contribution in [3.05, 3.63) is 18.2 Å². The van der Waals surface area contributed by atoms with Gasteiger partial charge in [-0.3, -0.25) is 0 Å². The van der Waals surface area contributed by atoms with Crippen molar-refractivity contribution in [1.82, 2.24) is 14.9 Å². The Kier molecular flexibility index (Phi) is 3.42. The molecule has 3 heteroatoms. The molecular formula is C15H25N3. The number of nitrogens with zero attached hydrogens (tertiary/aromatic N) is 2. The lowest BCUT2D eigenvalue weighted by molar-refractivity contribution is 0.309. The molecular weight excluding hydrogens is 222 g/mol. The summed E-state index contributed by atoms with van der Waals surface area (Å²) in [5.41, 5.74) is 1.80. The predicted molar refractivity (Wildman–Crippen MR) is 73.6 cm³/mol. The normalized spacial score (nSPS) is 24.5. The van der Waals surface area contributed by atoms with Crippen molar-refractivity contribution in [3.8, 4) is 0 Å². The van der Waals surface area contributed by atoms with Crippen LogP contribution in [0.3, 0.4) is 0 Å². The molecule has 3 rings (SSSR count). The van der Waals surface area contributed by atoms with Gasteiger partial charge in [0.25, 0.3) is 0 Å². The summed E-state index contributed by atoms with van der Waals surface area (Å²) in [5.74, 6) is 0.892. The van der Waals surface area contributed by atoms with E-state index in [1.807, 2.05) is 0 Å². The van der Waals surface area contributed by atoms with Crippen molar-refractivity contribution < 1.29 is 0 Å². The highest BCUT2D eigenvalue weighted by Crippen LogP contribution is 2.34. The van der Waals surface area contributed by atoms with Crippen LogP contribution in [0.2, 0.25) is 0 Å². The molecule has 1 aromatic rings. The summed E-state index contributed by atoms with van der Waals surface area (Å²) in [6, 6.07) is 0. The molecule has 1 saturated heterocycles. The van der Waals surface area contributed by atoms with E-state index in [1.54, 1.807) is 0 Å². The predicted octanol–water partition coefficient (Wildman–Crippen LogP) is 2.71. The second-order valence-corrected chi connectivity index (χ2v) is 6.39. The lowest BCUT2D eigenvalue weighted by Crippen LogP contribution is -2.39. The zero-order valence-electron chi connectivity index (χ0n) is 11.5. The third-order valence-corrected chi connectivity index (χ3v) is 4.97. The SMILES string of the molecule is CC1(c2cncn2CC2CCCC2)CCNCC1. The molecule has 0 atom stereocenters. The Balaban J connectivity index is 1.77. The highest BCUT2D eigenvalue weighted by Gasteiger charge is 2.32. The lowest BCUT2D eigenvalue weighted by Gasteiger charge is -2.35. The molecule has 0 unspecified atom stereocenters. The summed E-state index contributed by atoms with van der Waals surface area (Å²) < 4.78 is 2.45. The van der Waals surface area contributed by atoms with E-state index < -0.39 is 0 Å². The number of hydrogen-bond acceptors (Lipinski definition) is 2. The molecule has 1 aliphatic carbocycles. The van der Waals surface area contributed by atoms with E-state index in [4.69, 9.17) is 0 Å². The molecule has 2 heterocycles. The van der Waals surface area contributed by atoms with Crippen LogP contribution in [0.4, 0.5) is 0 Å². The van der Waals surface area contributed by atoms with Crippen LogP contribution >= 0.6 is 0 Å². The molecule has 100 valence electrons. The van der Waals surface area contributed by atoms with Crippen LogP contribution < -0.4 is 5.32 Å². The topological polar surface area (TPSA) is 29.9 Å². The highest BCUT2D eigenvalue weighted by molar-refractivity contribution is 5.15. The quantitative estimate of drug-likeness (QED) is 0.890. The second-order valence-electron chi connectivity index (χ2n) is 6.39. The molecule has 0 amide bonds. The Morgan fingerprint density at radius 1 is 1.33 bits per heavy atom. The first-order valence-corrected chi connectivity index (χ1v) is 7.49. The Morgan fingerprint density at radius 3 is 2.78 bits per heavy atom. The fraction of sp³-hybridized carbons (Fsp3) is 0.800. The minimum atomic E-state index is 0.334. The number of rotatable bonds is 3. The van der Waals surface area contributed by atoms with Gasteiger partial charge in [-0.1, -0.05) is 19.8 Å². The van der Waals surface area contributed by atoms with Gasteiger partial charge < -0.3 is 9.88 Å². The molecule has 0 radical (unpaired) electrons. The summed E-state index contributed by atoms with van der Waals surface area (Å²) in [7, 11) is 0. The van der Waals surface area contributed by atoms with Gasteiger partial charge in [0, 0.05) is 23.9 Å². The molecule has 0 spiro atoms. The van der Waals surface area contributed by atoms with Gasteiger partial charge in [0.1, 0.15) is 0 Å². The maximum Gasteiger partial charge on any atom is 0.0948 e. The van der Waals surface area contributed by atoms with Crippen LogP contribution in [0.1, 0.15) is 51.1 Å². The summed E-state index contributed by atoms with van der Waals surface area (Å²) >= 11 is 0. The Morgan fingerprint density at radius 2 is 2.06 bits per heavy atom. The van der Waals surface area contributed by atoms with Crippen molar-refractivity contribution in [2.45, 2.75) is 57.4 Å². The molecule has 18 heavy (non-hydrogen) atoms. The van der Waals surface area contributed by atoms with E-state index in [0.717, 1.165) is 19.0 Å². The number of hydrogen-bond donors (Lipinski definition) is 1. The third-order valence-electron chi connectivity index (χ3n) is 4.97. The van der Waals surface area contributed by atoms with Crippen LogP contribution in [0.15, 0.2) is 12.5 Å². The van der Waals surface area contributed by atoms with Gasteiger partial charge in [-0.2, -0.15) is 0 Å². The van der Waals surface area contributed by atoms with Gasteiger partial charge in [-0.15, -0.1) is 0 Å². The lowest BCUT2D eigenvalue weighted by atomic mass is 9.78. The standard InChI is InChI=1S/C15H25N3/c1-15(6-8-16-9-7-15)14-10-17-12-18(14)11-13-4-2-3-5-13/h10,12-13,16H,2-9,11H2,1H3. The minimum absolute atomic E-state index is 0.334. The van der Waals surface area contributed by atoms with E-state index in [-0.39, 0.29) is 0 Å². The number of imidazole rings is 1. The largest absolute Gasteiger partial charge is 0.334 e. The minimum Gasteiger partial charge on any atom is -0.334 e. The van der Waals surface area contributed by atoms with Crippen molar-refractivity contribution in [3.63, 3.8) is 0 Å². The molecule has 1 aliphatic heterocycles. The molecule has 0 bridgehead atoms. The number of piperidine rings is 1. The first-order valence-electron chi connectivity index (χ1n) is 7.49. The monoisotopic (exact) mass is 247 g/mol. The number of aromatic nitrogens is 2. The summed E-state index contributed by atoms with van der Waals surface area (Å²) in [6.45, 7) is 5.89. The van der Waals surface area contributed by atoms with Gasteiger partial charge in [-0.05, 0) is 44.7 Å². The molecule has 2 aliphatic rings. The fourth-order valence-electron chi connectivity index (χ4n) is 3.67. The summed E-state index contributed by atoms with van der Waals surface area (Å²) in [5, 5.41) is 3.46. The summed E-state index contributed by atoms with van der Waals surface area (Å²) in [4.78, 5) is 4.43. The van der Waals surface area contributed by atoms with Crippen LogP contribution in [-0.4, -0.2) is 22.6 Å². The zero-order chi connectivity index (χ0) is 12.4. The molecule has 0 aromatic carbocycles. The number of nitrogens with one attached hydrogen (secondary N) is 1. The first-order chi connectivity index (χ1) is 8.78. The van der Waals surface area contributed by atoms with Gasteiger partial charge >= 0.3 is 0 Å². The van der Waals surface area contributed by atoms with Crippen LogP contribution in [0.25, 0.3) is 0 Å². The molecule has 1 aromatic heterocycles. The van der Waals surface area contributed by atoms with Crippen LogP contribution in [-0.2, 0) is 12.0 Å². The fourth-order valence-corrected chi connectivity index (χ4v) is 3.67. The Bertz CT molecular complexity index is 384. The van der Waals surface area contributed by atoms with Crippen LogP contribution in [0.5, 0.6) is 0 Å². The van der Waals surface area contributed by atoms with Gasteiger partial charge in [0.05, 0.1) is 6.33 Å². The average molecular weight is 247 g/mol. The zero-order valence-corrected chi connectivity index (χ0v) is 11.5. The second kappa shape index (κ2) is 5.04. The molecule has 2 fully saturated rings. The van der Waals surface area contributed by atoms with E-state index in [2.05, 4.69) is 34.3 Å². The maximum atomic E-state index is 4.43. The Hall–Kier alpha value is -0.830. The highest BCUT2D eigenvalue weighted by atomic mass is 15.1. The van der Waals surface area contributed by atoms with Crippen molar-refractivity contribution in [2.24, 2.45) is 5.92 Å². The molecule has 1 N–H and O–H groups in total. The third kappa shape index (κ3) is 2.33. The van der Waals surface area contributed by atoms with Crippen molar-refractivity contribution in [1.29, 1.82) is 0 Å². The van der Waals surface area contributed by atoms with Crippen molar-refractivity contribution >= 4 is 0 Å². The van der Waals surface area contributed by atoms with E-state index >= 15 is 0 Å². The summed E-state index contributed by atoms with van der Waals surface area (Å²) in [6.07, 6.45) is 12.3. The van der Waals surface area contributed by atoms with Gasteiger partial charge in [0.15, 0.2) is 0 Å². The molecule has 1 saturated carbocycles. The van der Waals surface area contributed by atoms with Crippen molar-refractivity contribution in [2.75, 3.05) is 13.1 Å². The van der Waals surface area contributed by atoms with Crippen LogP contribution in [0, 0.1) is 5.92 Å². The van der Waals surface area contributed by atoms with E-state index in [1.165, 1.54) is 50.8 Å². The van der Waals surface area contributed by atoms with Gasteiger partial charge in [0.2, 0.25) is 0 Å². The van der Waals surface area contributed by atoms with E-state index in [9.17, 15) is 0 Å². The maximum absolute atomic E-state index is 4.43. The average Bonchev–Trinajstić information content (AvgIpc) is 3.02. The van der Waals surface area contributed by atoms with E-state index in [0.29, 0.717) is 5.41 Å². The van der Waals surface area contributed by atoms with Gasteiger partial charge in [-0.25, -0.2) is 4.98 Å². The Labute approximate surface area is 110 Å². The smallest absolute Gasteiger partial charge is 0.0948 e. The first kappa shape index (κ1) is 12.2.